The molecule has 1 atom stereocenters. The van der Waals surface area contributed by atoms with Crippen LogP contribution in [-0.2, 0) is 11.2 Å². The molecule has 1 aliphatic heterocycles. The van der Waals surface area contributed by atoms with E-state index in [2.05, 4.69) is 0 Å². The summed E-state index contributed by atoms with van der Waals surface area (Å²) in [7, 11) is 1.20. The number of carboxylic acid groups (broad SMARTS) is 1. The monoisotopic (exact) mass is 370 g/mol. The third-order valence-corrected chi connectivity index (χ3v) is 4.23. The van der Waals surface area contributed by atoms with Crippen LogP contribution in [0.5, 0.6) is 11.5 Å². The van der Waals surface area contributed by atoms with E-state index < -0.39 is 23.8 Å². The van der Waals surface area contributed by atoms with Crippen molar-refractivity contribution in [1.82, 2.24) is 0 Å². The fraction of sp³-hybridized carbons (Fsp3) is 0.357. The molecule has 0 radical (unpaired) electrons. The van der Waals surface area contributed by atoms with Crippen LogP contribution in [0.3, 0.4) is 0 Å². The second-order valence-corrected chi connectivity index (χ2v) is 5.44. The van der Waals surface area contributed by atoms with Crippen LogP contribution >= 0.6 is 23.2 Å². The van der Waals surface area contributed by atoms with E-state index in [9.17, 15) is 18.0 Å². The lowest BCUT2D eigenvalue weighted by Crippen LogP contribution is -2.40. The van der Waals surface area contributed by atoms with Gasteiger partial charge in [-0.25, -0.2) is 4.79 Å². The van der Waals surface area contributed by atoms with Gasteiger partial charge in [0.25, 0.3) is 0 Å². The molecular weight excluding hydrogens is 360 g/mol. The number of fused-ring (bicyclic) bond motifs is 1. The standard InChI is InChI=1S/C14H11Cl2F3O4/c1-3-5-6-4-7(13(20)21)12(14(17,18)19)23-10(6)11(22-2)9(16)8(5)15/h4,12H,3H2,1-2H3,(H,20,21). The summed E-state index contributed by atoms with van der Waals surface area (Å²) in [5.41, 5.74) is -0.427. The van der Waals surface area contributed by atoms with E-state index in [0.29, 0.717) is 12.0 Å². The Morgan fingerprint density at radius 2 is 2.00 bits per heavy atom. The van der Waals surface area contributed by atoms with Crippen LogP contribution in [0, 0.1) is 0 Å². The Morgan fingerprint density at radius 3 is 2.43 bits per heavy atom. The largest absolute Gasteiger partial charge is 0.491 e. The highest BCUT2D eigenvalue weighted by Gasteiger charge is 2.49. The summed E-state index contributed by atoms with van der Waals surface area (Å²) in [5, 5.41) is 9.07. The molecule has 0 aliphatic carbocycles. The van der Waals surface area contributed by atoms with Gasteiger partial charge in [-0.3, -0.25) is 0 Å². The Kier molecular flexibility index (Phi) is 4.73. The molecule has 0 saturated carbocycles. The van der Waals surface area contributed by atoms with Crippen molar-refractivity contribution in [2.75, 3.05) is 7.11 Å². The SMILES string of the molecule is CCc1c(Cl)c(Cl)c(OC)c2c1C=C(C(=O)O)C(C(F)(F)F)O2. The number of halogens is 5. The molecule has 0 aromatic heterocycles. The first-order valence-corrected chi connectivity index (χ1v) is 7.15. The Bertz CT molecular complexity index is 698. The summed E-state index contributed by atoms with van der Waals surface area (Å²) in [5.74, 6) is -2.17. The van der Waals surface area contributed by atoms with Crippen molar-refractivity contribution in [3.05, 3.63) is 26.7 Å². The lowest BCUT2D eigenvalue weighted by atomic mass is 9.95. The first-order chi connectivity index (χ1) is 10.6. The van der Waals surface area contributed by atoms with Gasteiger partial charge in [0.15, 0.2) is 11.5 Å². The Morgan fingerprint density at radius 1 is 1.39 bits per heavy atom. The molecule has 0 fully saturated rings. The second-order valence-electron chi connectivity index (χ2n) is 4.68. The van der Waals surface area contributed by atoms with E-state index in [1.165, 1.54) is 7.11 Å². The van der Waals surface area contributed by atoms with Crippen molar-refractivity contribution in [2.24, 2.45) is 0 Å². The van der Waals surface area contributed by atoms with Gasteiger partial charge in [0.2, 0.25) is 6.10 Å². The van der Waals surface area contributed by atoms with Crippen LogP contribution in [0.25, 0.3) is 6.08 Å². The zero-order valence-electron chi connectivity index (χ0n) is 11.9. The van der Waals surface area contributed by atoms with E-state index in [0.717, 1.165) is 6.08 Å². The van der Waals surface area contributed by atoms with Crippen LogP contribution in [0.1, 0.15) is 18.1 Å². The number of hydrogen-bond donors (Lipinski definition) is 1. The molecule has 1 heterocycles. The number of carboxylic acids is 1. The smallest absolute Gasteiger partial charge is 0.430 e. The second kappa shape index (κ2) is 6.13. The zero-order chi connectivity index (χ0) is 17.5. The normalized spacial score (nSPS) is 17.2. The van der Waals surface area contributed by atoms with Gasteiger partial charge in [0.1, 0.15) is 5.02 Å². The van der Waals surface area contributed by atoms with Crippen LogP contribution in [0.2, 0.25) is 10.0 Å². The highest BCUT2D eigenvalue weighted by molar-refractivity contribution is 6.44. The van der Waals surface area contributed by atoms with Crippen molar-refractivity contribution >= 4 is 35.2 Å². The average molecular weight is 371 g/mol. The molecule has 1 N–H and O–H groups in total. The van der Waals surface area contributed by atoms with E-state index in [1.807, 2.05) is 0 Å². The molecule has 9 heteroatoms. The first kappa shape index (κ1) is 17.7. The number of ether oxygens (including phenoxy) is 2. The number of hydrogen-bond acceptors (Lipinski definition) is 3. The number of methoxy groups -OCH3 is 1. The number of aliphatic carboxylic acids is 1. The molecule has 0 saturated heterocycles. The minimum absolute atomic E-state index is 0.0832. The van der Waals surface area contributed by atoms with Crippen molar-refractivity contribution in [1.29, 1.82) is 0 Å². The molecule has 1 aromatic carbocycles. The summed E-state index contributed by atoms with van der Waals surface area (Å²) in [6.07, 6.45) is -6.31. The predicted molar refractivity (Wildman–Crippen MR) is 78.5 cm³/mol. The maximum absolute atomic E-state index is 13.1. The highest BCUT2D eigenvalue weighted by atomic mass is 35.5. The minimum atomic E-state index is -4.91. The maximum atomic E-state index is 13.1. The number of alkyl halides is 3. The summed E-state index contributed by atoms with van der Waals surface area (Å²) in [6.45, 7) is 1.70. The Labute approximate surface area is 139 Å². The minimum Gasteiger partial charge on any atom is -0.491 e. The van der Waals surface area contributed by atoms with Crippen LogP contribution in [0.4, 0.5) is 13.2 Å². The van der Waals surface area contributed by atoms with Gasteiger partial charge in [-0.05, 0) is 18.1 Å². The number of benzene rings is 1. The van der Waals surface area contributed by atoms with E-state index in [4.69, 9.17) is 37.8 Å². The molecule has 1 aromatic rings. The van der Waals surface area contributed by atoms with Gasteiger partial charge in [0, 0.05) is 5.56 Å². The number of rotatable bonds is 3. The summed E-state index contributed by atoms with van der Waals surface area (Å²) < 4.78 is 49.3. The average Bonchev–Trinajstić information content (AvgIpc) is 2.46. The Balaban J connectivity index is 2.82. The molecule has 1 unspecified atom stereocenters. The third kappa shape index (κ3) is 2.95. The molecule has 23 heavy (non-hydrogen) atoms. The van der Waals surface area contributed by atoms with Crippen molar-refractivity contribution in [2.45, 2.75) is 25.6 Å². The van der Waals surface area contributed by atoms with Gasteiger partial charge >= 0.3 is 12.1 Å². The van der Waals surface area contributed by atoms with E-state index in [1.54, 1.807) is 6.92 Å². The van der Waals surface area contributed by atoms with Crippen LogP contribution in [0.15, 0.2) is 5.57 Å². The molecule has 0 spiro atoms. The van der Waals surface area contributed by atoms with Gasteiger partial charge in [-0.15, -0.1) is 0 Å². The predicted octanol–water partition coefficient (Wildman–Crippen LogP) is 4.36. The molecular formula is C14H11Cl2F3O4. The molecule has 4 nitrogen and oxygen atoms in total. The highest BCUT2D eigenvalue weighted by Crippen LogP contribution is 2.50. The molecule has 2 rings (SSSR count). The van der Waals surface area contributed by atoms with Crippen molar-refractivity contribution in [3.63, 3.8) is 0 Å². The lowest BCUT2D eigenvalue weighted by molar-refractivity contribution is -0.187. The van der Waals surface area contributed by atoms with Gasteiger partial charge < -0.3 is 14.6 Å². The summed E-state index contributed by atoms with van der Waals surface area (Å²) in [6, 6.07) is 0. The van der Waals surface area contributed by atoms with Crippen LogP contribution in [-0.4, -0.2) is 30.5 Å². The summed E-state index contributed by atoms with van der Waals surface area (Å²) >= 11 is 12.1. The van der Waals surface area contributed by atoms with Crippen molar-refractivity contribution < 1.29 is 32.5 Å². The third-order valence-electron chi connectivity index (χ3n) is 3.35. The molecule has 0 amide bonds. The maximum Gasteiger partial charge on any atom is 0.430 e. The zero-order valence-corrected chi connectivity index (χ0v) is 13.4. The molecule has 126 valence electrons. The van der Waals surface area contributed by atoms with Gasteiger partial charge in [-0.2, -0.15) is 13.2 Å². The summed E-state index contributed by atoms with van der Waals surface area (Å²) in [4.78, 5) is 11.2. The molecule has 0 bridgehead atoms. The first-order valence-electron chi connectivity index (χ1n) is 6.39. The molecule has 1 aliphatic rings. The number of carbonyl (C=O) groups is 1. The van der Waals surface area contributed by atoms with Gasteiger partial charge in [-0.1, -0.05) is 30.1 Å². The Hall–Kier alpha value is -1.60. The fourth-order valence-corrected chi connectivity index (χ4v) is 2.93. The van der Waals surface area contributed by atoms with E-state index in [-0.39, 0.29) is 27.1 Å². The fourth-order valence-electron chi connectivity index (χ4n) is 2.34. The quantitative estimate of drug-likeness (QED) is 0.858. The lowest BCUT2D eigenvalue weighted by Gasteiger charge is -2.30. The van der Waals surface area contributed by atoms with Crippen LogP contribution < -0.4 is 9.47 Å². The topological polar surface area (TPSA) is 55.8 Å². The van der Waals surface area contributed by atoms with E-state index >= 15 is 0 Å². The van der Waals surface area contributed by atoms with Gasteiger partial charge in [0.05, 0.1) is 17.7 Å². The van der Waals surface area contributed by atoms with Crippen molar-refractivity contribution in [3.8, 4) is 11.5 Å².